The van der Waals surface area contributed by atoms with Crippen LogP contribution in [0.2, 0.25) is 0 Å². The fraction of sp³-hybridized carbons (Fsp3) is 0.733. The Labute approximate surface area is 245 Å². The molecule has 0 heterocycles. The molecule has 3 atom stereocenters. The molecule has 0 rings (SSSR count). The molecule has 41 heavy (non-hydrogen) atoms. The Morgan fingerprint density at radius 3 is 1.68 bits per heavy atom. The highest BCUT2D eigenvalue weighted by atomic mass is 16.5. The van der Waals surface area contributed by atoms with Gasteiger partial charge in [-0.25, -0.2) is 9.59 Å². The van der Waals surface area contributed by atoms with Crippen molar-refractivity contribution in [1.29, 1.82) is 0 Å². The summed E-state index contributed by atoms with van der Waals surface area (Å²) in [6.07, 6.45) is 2.23. The molecule has 0 saturated heterocycles. The summed E-state index contributed by atoms with van der Waals surface area (Å²) >= 11 is 0. The van der Waals surface area contributed by atoms with Crippen molar-refractivity contribution < 1.29 is 42.9 Å². The summed E-state index contributed by atoms with van der Waals surface area (Å²) < 4.78 is 27.7. The second-order valence-corrected chi connectivity index (χ2v) is 11.2. The fourth-order valence-electron chi connectivity index (χ4n) is 4.19. The minimum absolute atomic E-state index is 0.227. The Kier molecular flexibility index (Phi) is 18.1. The Morgan fingerprint density at radius 2 is 1.27 bits per heavy atom. The standard InChI is InChI=1S/C30H52N2O9/c1-11-30(19-29(9,10)41-12-2,20-38-16-24(8)32-26(34)18-40-28(36)22(5)6)13-14-37-15-23(7)31-25(33)17-39-27(35)21(3)4/h23-24H,3,5,11-20H2,1-2,4,6-10H3,(H,31,33)(H,32,34). The number of esters is 2. The van der Waals surface area contributed by atoms with Crippen molar-refractivity contribution in [2.24, 2.45) is 5.41 Å². The number of ether oxygens (including phenoxy) is 5. The normalized spacial score (nSPS) is 14.2. The molecular formula is C30H52N2O9. The van der Waals surface area contributed by atoms with E-state index in [1.807, 2.05) is 20.8 Å². The van der Waals surface area contributed by atoms with E-state index in [-0.39, 0.29) is 60.7 Å². The smallest absolute Gasteiger partial charge is 0.333 e. The minimum atomic E-state index is -0.614. The average Bonchev–Trinajstić information content (AvgIpc) is 2.87. The number of nitrogens with one attached hydrogen (secondary N) is 2. The summed E-state index contributed by atoms with van der Waals surface area (Å²) in [5, 5.41) is 5.50. The van der Waals surface area contributed by atoms with Crippen LogP contribution in [0.3, 0.4) is 0 Å². The first-order valence-electron chi connectivity index (χ1n) is 14.1. The molecule has 2 amide bonds. The molecule has 0 saturated carbocycles. The second-order valence-electron chi connectivity index (χ2n) is 11.2. The van der Waals surface area contributed by atoms with Gasteiger partial charge in [-0.2, -0.15) is 0 Å². The van der Waals surface area contributed by atoms with Crippen molar-refractivity contribution in [2.45, 2.75) is 92.3 Å². The average molecular weight is 585 g/mol. The van der Waals surface area contributed by atoms with Crippen molar-refractivity contribution in [3.63, 3.8) is 0 Å². The van der Waals surface area contributed by atoms with Gasteiger partial charge in [-0.3, -0.25) is 9.59 Å². The lowest BCUT2D eigenvalue weighted by atomic mass is 9.74. The lowest BCUT2D eigenvalue weighted by Crippen LogP contribution is -2.42. The van der Waals surface area contributed by atoms with Crippen LogP contribution in [0.4, 0.5) is 0 Å². The Balaban J connectivity index is 4.91. The third-order valence-electron chi connectivity index (χ3n) is 6.19. The first kappa shape index (κ1) is 38.2. The van der Waals surface area contributed by atoms with E-state index in [0.29, 0.717) is 26.2 Å². The SMILES string of the molecule is C=C(C)C(=O)OCC(=O)NC(C)COCCC(CC)(COCC(C)NC(=O)COC(=O)C(=C)C)CC(C)(C)OCC. The van der Waals surface area contributed by atoms with Crippen LogP contribution in [0.15, 0.2) is 24.3 Å². The van der Waals surface area contributed by atoms with Gasteiger partial charge in [0.05, 0.1) is 25.4 Å². The number of amides is 2. The van der Waals surface area contributed by atoms with Gasteiger partial charge in [-0.15, -0.1) is 0 Å². The summed E-state index contributed by atoms with van der Waals surface area (Å²) in [7, 11) is 0. The molecule has 3 unspecified atom stereocenters. The van der Waals surface area contributed by atoms with Gasteiger partial charge >= 0.3 is 11.9 Å². The maximum Gasteiger partial charge on any atom is 0.333 e. The minimum Gasteiger partial charge on any atom is -0.452 e. The van der Waals surface area contributed by atoms with E-state index in [4.69, 9.17) is 23.7 Å². The summed E-state index contributed by atoms with van der Waals surface area (Å²) in [5.41, 5.74) is -0.192. The zero-order valence-corrected chi connectivity index (χ0v) is 26.3. The molecule has 0 bridgehead atoms. The summed E-state index contributed by atoms with van der Waals surface area (Å²) in [6, 6.07) is -0.576. The zero-order chi connectivity index (χ0) is 31.6. The first-order valence-corrected chi connectivity index (χ1v) is 14.1. The molecule has 0 radical (unpaired) electrons. The summed E-state index contributed by atoms with van der Waals surface area (Å²) in [4.78, 5) is 47.0. The van der Waals surface area contributed by atoms with Crippen LogP contribution >= 0.6 is 0 Å². The van der Waals surface area contributed by atoms with Gasteiger partial charge in [0.2, 0.25) is 0 Å². The molecule has 2 N–H and O–H groups in total. The van der Waals surface area contributed by atoms with Gasteiger partial charge in [0.1, 0.15) is 0 Å². The molecule has 0 aromatic carbocycles. The van der Waals surface area contributed by atoms with Crippen molar-refractivity contribution in [1.82, 2.24) is 10.6 Å². The van der Waals surface area contributed by atoms with Crippen molar-refractivity contribution in [3.8, 4) is 0 Å². The van der Waals surface area contributed by atoms with Crippen LogP contribution in [-0.4, -0.2) is 87.7 Å². The van der Waals surface area contributed by atoms with Crippen molar-refractivity contribution in [3.05, 3.63) is 24.3 Å². The largest absolute Gasteiger partial charge is 0.452 e. The number of hydrogen-bond acceptors (Lipinski definition) is 9. The van der Waals surface area contributed by atoms with E-state index in [9.17, 15) is 19.2 Å². The van der Waals surface area contributed by atoms with Gasteiger partial charge in [0, 0.05) is 36.4 Å². The molecule has 0 aliphatic carbocycles. The van der Waals surface area contributed by atoms with E-state index < -0.39 is 23.8 Å². The summed E-state index contributed by atoms with van der Waals surface area (Å²) in [5.74, 6) is -2.06. The van der Waals surface area contributed by atoms with Crippen LogP contribution in [0, 0.1) is 5.41 Å². The Hall–Kier alpha value is -2.76. The van der Waals surface area contributed by atoms with E-state index in [1.165, 1.54) is 13.8 Å². The fourth-order valence-corrected chi connectivity index (χ4v) is 4.19. The molecule has 0 aromatic heterocycles. The first-order chi connectivity index (χ1) is 19.1. The molecular weight excluding hydrogens is 532 g/mol. The predicted molar refractivity (Wildman–Crippen MR) is 156 cm³/mol. The van der Waals surface area contributed by atoms with E-state index in [1.54, 1.807) is 0 Å². The highest BCUT2D eigenvalue weighted by molar-refractivity contribution is 5.90. The summed E-state index contributed by atoms with van der Waals surface area (Å²) in [6.45, 7) is 23.0. The molecule has 0 aliphatic rings. The Morgan fingerprint density at radius 1 is 0.805 bits per heavy atom. The maximum absolute atomic E-state index is 12.1. The zero-order valence-electron chi connectivity index (χ0n) is 26.3. The Bertz CT molecular complexity index is 887. The van der Waals surface area contributed by atoms with Crippen LogP contribution < -0.4 is 10.6 Å². The van der Waals surface area contributed by atoms with E-state index in [0.717, 1.165) is 12.8 Å². The van der Waals surface area contributed by atoms with Gasteiger partial charge in [-0.1, -0.05) is 20.1 Å². The van der Waals surface area contributed by atoms with Crippen LogP contribution in [0.25, 0.3) is 0 Å². The molecule has 0 fully saturated rings. The van der Waals surface area contributed by atoms with Crippen LogP contribution in [0.1, 0.15) is 74.7 Å². The maximum atomic E-state index is 12.1. The number of rotatable bonds is 22. The predicted octanol–water partition coefficient (Wildman–Crippen LogP) is 3.26. The monoisotopic (exact) mass is 584 g/mol. The lowest BCUT2D eigenvalue weighted by Gasteiger charge is -2.39. The number of hydrogen-bond donors (Lipinski definition) is 2. The topological polar surface area (TPSA) is 138 Å². The van der Waals surface area contributed by atoms with E-state index >= 15 is 0 Å². The highest BCUT2D eigenvalue weighted by Crippen LogP contribution is 2.37. The highest BCUT2D eigenvalue weighted by Gasteiger charge is 2.36. The van der Waals surface area contributed by atoms with E-state index in [2.05, 4.69) is 44.6 Å². The van der Waals surface area contributed by atoms with Crippen molar-refractivity contribution in [2.75, 3.05) is 46.2 Å². The van der Waals surface area contributed by atoms with Crippen LogP contribution in [0.5, 0.6) is 0 Å². The van der Waals surface area contributed by atoms with Gasteiger partial charge in [0.25, 0.3) is 11.8 Å². The quantitative estimate of drug-likeness (QED) is 0.112. The van der Waals surface area contributed by atoms with Crippen LogP contribution in [-0.2, 0) is 42.9 Å². The number of carbonyl (C=O) groups excluding carboxylic acids is 4. The second kappa shape index (κ2) is 19.4. The van der Waals surface area contributed by atoms with Gasteiger partial charge < -0.3 is 34.3 Å². The molecule has 236 valence electrons. The molecule has 11 heteroatoms. The third kappa shape index (κ3) is 17.6. The molecule has 0 aliphatic heterocycles. The van der Waals surface area contributed by atoms with Gasteiger partial charge in [0.15, 0.2) is 13.2 Å². The molecule has 11 nitrogen and oxygen atoms in total. The molecule has 0 aromatic rings. The third-order valence-corrected chi connectivity index (χ3v) is 6.19. The number of carbonyl (C=O) groups is 4. The van der Waals surface area contributed by atoms with Crippen molar-refractivity contribution >= 4 is 23.8 Å². The lowest BCUT2D eigenvalue weighted by molar-refractivity contribution is -0.145. The van der Waals surface area contributed by atoms with Gasteiger partial charge in [-0.05, 0) is 73.1 Å². The molecule has 0 spiro atoms.